The molecule has 1 saturated heterocycles. The number of hydrogen-bond donors (Lipinski definition) is 2. The zero-order valence-corrected chi connectivity index (χ0v) is 16.3. The molecule has 2 amide bonds. The first-order valence-corrected chi connectivity index (χ1v) is 10.6. The van der Waals surface area contributed by atoms with Crippen molar-refractivity contribution >= 4 is 39.2 Å². The van der Waals surface area contributed by atoms with Gasteiger partial charge in [-0.15, -0.1) is 0 Å². The fraction of sp³-hybridized carbons (Fsp3) is 0.471. The summed E-state index contributed by atoms with van der Waals surface area (Å²) in [4.78, 5) is 35.7. The zero-order chi connectivity index (χ0) is 20.0. The van der Waals surface area contributed by atoms with Crippen molar-refractivity contribution in [2.45, 2.75) is 31.9 Å². The van der Waals surface area contributed by atoms with Crippen LogP contribution in [0.2, 0.25) is 5.02 Å². The van der Waals surface area contributed by atoms with E-state index in [4.69, 9.17) is 16.3 Å². The summed E-state index contributed by atoms with van der Waals surface area (Å²) in [5.74, 6) is -1.60. The number of carbonyl (C=O) groups is 3. The zero-order valence-electron chi connectivity index (χ0n) is 14.7. The van der Waals surface area contributed by atoms with E-state index in [0.717, 1.165) is 0 Å². The van der Waals surface area contributed by atoms with Gasteiger partial charge in [0.05, 0.1) is 17.9 Å². The van der Waals surface area contributed by atoms with Crippen molar-refractivity contribution in [1.82, 2.24) is 10.6 Å². The van der Waals surface area contributed by atoms with E-state index in [1.165, 1.54) is 6.92 Å². The summed E-state index contributed by atoms with van der Waals surface area (Å²) in [5.41, 5.74) is 0.409. The summed E-state index contributed by atoms with van der Waals surface area (Å²) in [6.45, 7) is 1.46. The lowest BCUT2D eigenvalue weighted by atomic mass is 10.2. The van der Waals surface area contributed by atoms with E-state index >= 15 is 0 Å². The number of ether oxygens (including phenoxy) is 1. The van der Waals surface area contributed by atoms with Crippen LogP contribution < -0.4 is 10.6 Å². The van der Waals surface area contributed by atoms with Crippen molar-refractivity contribution in [1.29, 1.82) is 0 Å². The van der Waals surface area contributed by atoms with Gasteiger partial charge in [-0.05, 0) is 37.6 Å². The maximum absolute atomic E-state index is 12.0. The molecule has 8 nitrogen and oxygen atoms in total. The first kappa shape index (κ1) is 21.2. The minimum Gasteiger partial charge on any atom is -0.452 e. The van der Waals surface area contributed by atoms with Gasteiger partial charge in [-0.25, -0.2) is 8.42 Å². The molecule has 0 aromatic heterocycles. The molecule has 1 fully saturated rings. The minimum atomic E-state index is -3.11. The molecule has 0 unspecified atom stereocenters. The Labute approximate surface area is 162 Å². The predicted octanol–water partition coefficient (Wildman–Crippen LogP) is 0.695. The van der Waals surface area contributed by atoms with Crippen LogP contribution in [-0.2, 0) is 24.2 Å². The lowest BCUT2D eigenvalue weighted by Crippen LogP contribution is -2.42. The molecule has 0 saturated carbocycles. The lowest BCUT2D eigenvalue weighted by molar-refractivity contribution is -0.154. The highest BCUT2D eigenvalue weighted by atomic mass is 35.5. The number of halogens is 1. The Morgan fingerprint density at radius 2 is 1.93 bits per heavy atom. The Morgan fingerprint density at radius 1 is 1.26 bits per heavy atom. The summed E-state index contributed by atoms with van der Waals surface area (Å²) in [6.07, 6.45) is -0.798. The van der Waals surface area contributed by atoms with Crippen LogP contribution in [0.4, 0.5) is 0 Å². The van der Waals surface area contributed by atoms with Crippen LogP contribution in [-0.4, -0.2) is 56.4 Å². The number of esters is 1. The molecule has 148 valence electrons. The third-order valence-electron chi connectivity index (χ3n) is 3.98. The SMILES string of the molecule is C[C@@H](OC(=O)CCNC(=O)c1ccc(Cl)cc1)C(=O)N[C@H]1CCS(=O)(=O)C1. The first-order chi connectivity index (χ1) is 12.7. The fourth-order valence-electron chi connectivity index (χ4n) is 2.52. The largest absolute Gasteiger partial charge is 0.452 e. The van der Waals surface area contributed by atoms with E-state index < -0.39 is 33.9 Å². The summed E-state index contributed by atoms with van der Waals surface area (Å²) < 4.78 is 27.8. The molecule has 1 aromatic carbocycles. The number of nitrogens with one attached hydrogen (secondary N) is 2. The summed E-state index contributed by atoms with van der Waals surface area (Å²) in [6, 6.07) is 5.83. The second-order valence-corrected chi connectivity index (χ2v) is 8.92. The number of sulfone groups is 1. The molecule has 10 heteroatoms. The summed E-state index contributed by atoms with van der Waals surface area (Å²) in [7, 11) is -3.11. The second kappa shape index (κ2) is 9.18. The van der Waals surface area contributed by atoms with Crippen molar-refractivity contribution < 1.29 is 27.5 Å². The van der Waals surface area contributed by atoms with Crippen LogP contribution in [0.15, 0.2) is 24.3 Å². The van der Waals surface area contributed by atoms with Gasteiger partial charge in [0, 0.05) is 23.2 Å². The molecule has 27 heavy (non-hydrogen) atoms. The third-order valence-corrected chi connectivity index (χ3v) is 6.00. The van der Waals surface area contributed by atoms with Gasteiger partial charge in [0.1, 0.15) is 0 Å². The fourth-order valence-corrected chi connectivity index (χ4v) is 4.32. The molecule has 2 atom stereocenters. The molecular formula is C17H21ClN2O6S. The molecule has 0 spiro atoms. The van der Waals surface area contributed by atoms with Gasteiger partial charge in [0.2, 0.25) is 0 Å². The molecule has 0 aliphatic carbocycles. The Morgan fingerprint density at radius 3 is 2.52 bits per heavy atom. The van der Waals surface area contributed by atoms with Crippen molar-refractivity contribution in [3.05, 3.63) is 34.9 Å². The lowest BCUT2D eigenvalue weighted by Gasteiger charge is -2.16. The highest BCUT2D eigenvalue weighted by Crippen LogP contribution is 2.12. The van der Waals surface area contributed by atoms with Crippen LogP contribution in [0.25, 0.3) is 0 Å². The Hall–Kier alpha value is -2.13. The summed E-state index contributed by atoms with van der Waals surface area (Å²) in [5, 5.41) is 5.65. The predicted molar refractivity (Wildman–Crippen MR) is 99.2 cm³/mol. The summed E-state index contributed by atoms with van der Waals surface area (Å²) >= 11 is 5.75. The van der Waals surface area contributed by atoms with E-state index in [0.29, 0.717) is 17.0 Å². The average molecular weight is 417 g/mol. The van der Waals surface area contributed by atoms with Gasteiger partial charge in [-0.2, -0.15) is 0 Å². The van der Waals surface area contributed by atoms with Crippen molar-refractivity contribution in [3.8, 4) is 0 Å². The number of amides is 2. The molecule has 1 aliphatic rings. The van der Waals surface area contributed by atoms with E-state index in [1.54, 1.807) is 24.3 Å². The highest BCUT2D eigenvalue weighted by Gasteiger charge is 2.30. The maximum Gasteiger partial charge on any atom is 0.308 e. The van der Waals surface area contributed by atoms with Gasteiger partial charge < -0.3 is 15.4 Å². The normalized spacial score (nSPS) is 19.1. The van der Waals surface area contributed by atoms with E-state index in [-0.39, 0.29) is 30.4 Å². The molecular weight excluding hydrogens is 396 g/mol. The van der Waals surface area contributed by atoms with Gasteiger partial charge in [0.15, 0.2) is 15.9 Å². The van der Waals surface area contributed by atoms with Crippen molar-refractivity contribution in [2.24, 2.45) is 0 Å². The third kappa shape index (κ3) is 6.84. The minimum absolute atomic E-state index is 0.0411. The molecule has 2 N–H and O–H groups in total. The first-order valence-electron chi connectivity index (χ1n) is 8.40. The Bertz CT molecular complexity index is 809. The van der Waals surface area contributed by atoms with Crippen LogP contribution >= 0.6 is 11.6 Å². The van der Waals surface area contributed by atoms with Crippen molar-refractivity contribution in [3.63, 3.8) is 0 Å². The Kier molecular flexibility index (Phi) is 7.20. The topological polar surface area (TPSA) is 119 Å². The standard InChI is InChI=1S/C17H21ClN2O6S/c1-11(16(22)20-14-7-9-27(24,25)10-14)26-15(21)6-8-19-17(23)12-2-4-13(18)5-3-12/h2-5,11,14H,6-10H2,1H3,(H,19,23)(H,20,22)/t11-,14+/m1/s1. The molecule has 1 heterocycles. The average Bonchev–Trinajstić information content (AvgIpc) is 2.93. The number of hydrogen-bond acceptors (Lipinski definition) is 6. The van der Waals surface area contributed by atoms with Gasteiger partial charge in [-0.1, -0.05) is 11.6 Å². The molecule has 2 rings (SSSR count). The van der Waals surface area contributed by atoms with Crippen LogP contribution in [0.3, 0.4) is 0 Å². The van der Waals surface area contributed by atoms with Crippen LogP contribution in [0.5, 0.6) is 0 Å². The number of benzene rings is 1. The highest BCUT2D eigenvalue weighted by molar-refractivity contribution is 7.91. The van der Waals surface area contributed by atoms with Gasteiger partial charge >= 0.3 is 5.97 Å². The Balaban J connectivity index is 1.69. The van der Waals surface area contributed by atoms with Crippen LogP contribution in [0, 0.1) is 0 Å². The van der Waals surface area contributed by atoms with E-state index in [9.17, 15) is 22.8 Å². The number of carbonyl (C=O) groups excluding carboxylic acids is 3. The van der Waals surface area contributed by atoms with E-state index in [1.807, 2.05) is 0 Å². The molecule has 0 bridgehead atoms. The second-order valence-electron chi connectivity index (χ2n) is 6.25. The molecule has 0 radical (unpaired) electrons. The van der Waals surface area contributed by atoms with E-state index in [2.05, 4.69) is 10.6 Å². The number of rotatable bonds is 7. The maximum atomic E-state index is 12.0. The monoisotopic (exact) mass is 416 g/mol. The molecule has 1 aliphatic heterocycles. The quantitative estimate of drug-likeness (QED) is 0.631. The van der Waals surface area contributed by atoms with Crippen LogP contribution in [0.1, 0.15) is 30.1 Å². The van der Waals surface area contributed by atoms with Gasteiger partial charge in [0.25, 0.3) is 11.8 Å². The molecule has 1 aromatic rings. The van der Waals surface area contributed by atoms with Gasteiger partial charge in [-0.3, -0.25) is 14.4 Å². The van der Waals surface area contributed by atoms with Crippen molar-refractivity contribution in [2.75, 3.05) is 18.1 Å². The smallest absolute Gasteiger partial charge is 0.308 e.